The lowest BCUT2D eigenvalue weighted by Crippen LogP contribution is -2.09. The van der Waals surface area contributed by atoms with E-state index in [0.717, 1.165) is 12.8 Å². The van der Waals surface area contributed by atoms with Gasteiger partial charge in [-0.05, 0) is 6.16 Å². The van der Waals surface area contributed by atoms with E-state index in [-0.39, 0.29) is 0 Å². The Hall–Kier alpha value is 0.350. The molecule has 2 unspecified atom stereocenters. The minimum atomic E-state index is 0.338. The summed E-state index contributed by atoms with van der Waals surface area (Å²) < 4.78 is 9.97. The highest BCUT2D eigenvalue weighted by Gasteiger charge is 2.12. The molecule has 0 spiro atoms. The van der Waals surface area contributed by atoms with E-state index in [1.165, 1.54) is 0 Å². The van der Waals surface area contributed by atoms with Gasteiger partial charge in [0.25, 0.3) is 0 Å². The van der Waals surface area contributed by atoms with Crippen LogP contribution in [0.2, 0.25) is 0 Å². The Bertz CT molecular complexity index is 51.7. The second-order valence-electron chi connectivity index (χ2n) is 1.51. The second kappa shape index (κ2) is 2.61. The first-order valence-electron chi connectivity index (χ1n) is 2.33. The zero-order valence-corrected chi connectivity index (χ0v) is 5.25. The Morgan fingerprint density at radius 3 is 2.86 bits per heavy atom. The molecule has 0 bridgehead atoms. The van der Waals surface area contributed by atoms with E-state index in [9.17, 15) is 0 Å². The third kappa shape index (κ3) is 1.37. The normalized spacial score (nSPS) is 31.3. The van der Waals surface area contributed by atoms with Crippen LogP contribution in [-0.2, 0) is 9.47 Å². The van der Waals surface area contributed by atoms with Gasteiger partial charge >= 0.3 is 0 Å². The van der Waals surface area contributed by atoms with Crippen LogP contribution < -0.4 is 0 Å². The smallest absolute Gasteiger partial charge is 0.147 e. The third-order valence-corrected chi connectivity index (χ3v) is 1.48. The zero-order chi connectivity index (χ0) is 5.11. The Labute approximate surface area is 45.4 Å². The summed E-state index contributed by atoms with van der Waals surface area (Å²) in [6.07, 6.45) is 1.32. The average molecular weight is 120 g/mol. The van der Waals surface area contributed by atoms with Crippen LogP contribution in [0.1, 0.15) is 0 Å². The van der Waals surface area contributed by atoms with Gasteiger partial charge in [0.15, 0.2) is 0 Å². The van der Waals surface area contributed by atoms with Gasteiger partial charge in [-0.15, -0.1) is 9.24 Å². The monoisotopic (exact) mass is 120 g/mol. The summed E-state index contributed by atoms with van der Waals surface area (Å²) in [4.78, 5) is 0. The number of hydrogen-bond donors (Lipinski definition) is 0. The molecule has 0 aromatic heterocycles. The van der Waals surface area contributed by atoms with Crippen molar-refractivity contribution in [1.29, 1.82) is 0 Å². The Morgan fingerprint density at radius 2 is 2.57 bits per heavy atom. The molecule has 0 saturated carbocycles. The van der Waals surface area contributed by atoms with Gasteiger partial charge in [0, 0.05) is 0 Å². The average Bonchev–Trinajstić information content (AvgIpc) is 2.14. The van der Waals surface area contributed by atoms with Gasteiger partial charge in [0.2, 0.25) is 0 Å². The lowest BCUT2D eigenvalue weighted by molar-refractivity contribution is 0.0524. The summed E-state index contributed by atoms with van der Waals surface area (Å²) >= 11 is 0. The highest BCUT2D eigenvalue weighted by Crippen LogP contribution is 2.04. The van der Waals surface area contributed by atoms with Crippen molar-refractivity contribution in [3.05, 3.63) is 0 Å². The van der Waals surface area contributed by atoms with Crippen LogP contribution in [0.25, 0.3) is 0 Å². The van der Waals surface area contributed by atoms with Crippen LogP contribution in [0.15, 0.2) is 0 Å². The predicted octanol–water partition coefficient (Wildman–Crippen LogP) is 0.234. The van der Waals surface area contributed by atoms with E-state index in [0.29, 0.717) is 12.9 Å². The van der Waals surface area contributed by atoms with E-state index < -0.39 is 0 Å². The Kier molecular flexibility index (Phi) is 2.04. The molecule has 0 aromatic rings. The van der Waals surface area contributed by atoms with Crippen LogP contribution in [0.4, 0.5) is 0 Å². The number of hydrogen-bond acceptors (Lipinski definition) is 2. The van der Waals surface area contributed by atoms with Gasteiger partial charge < -0.3 is 9.47 Å². The number of ether oxygens (including phenoxy) is 2. The van der Waals surface area contributed by atoms with Crippen molar-refractivity contribution in [2.45, 2.75) is 6.10 Å². The highest BCUT2D eigenvalue weighted by molar-refractivity contribution is 7.16. The van der Waals surface area contributed by atoms with Gasteiger partial charge in [-0.1, -0.05) is 0 Å². The Morgan fingerprint density at radius 1 is 1.71 bits per heavy atom. The Balaban J connectivity index is 2.14. The maximum atomic E-state index is 5.06. The first-order chi connectivity index (χ1) is 3.43. The third-order valence-electron chi connectivity index (χ3n) is 0.954. The molecule has 1 aliphatic rings. The van der Waals surface area contributed by atoms with Crippen molar-refractivity contribution in [3.8, 4) is 0 Å². The summed E-state index contributed by atoms with van der Waals surface area (Å²) in [5.74, 6) is 0. The molecule has 1 fully saturated rings. The molecule has 0 amide bonds. The fourth-order valence-electron chi connectivity index (χ4n) is 0.508. The largest absolute Gasteiger partial charge is 0.353 e. The molecule has 0 aliphatic carbocycles. The first kappa shape index (κ1) is 5.49. The van der Waals surface area contributed by atoms with Crippen molar-refractivity contribution < 1.29 is 9.47 Å². The van der Waals surface area contributed by atoms with Crippen LogP contribution in [0, 0.1) is 0 Å². The molecule has 1 heterocycles. The maximum Gasteiger partial charge on any atom is 0.147 e. The summed E-state index contributed by atoms with van der Waals surface area (Å²) in [6.45, 7) is 1.25. The second-order valence-corrected chi connectivity index (χ2v) is 1.98. The van der Waals surface area contributed by atoms with Gasteiger partial charge in [-0.25, -0.2) is 0 Å². The lowest BCUT2D eigenvalue weighted by Gasteiger charge is -1.98. The fraction of sp³-hybridized carbons (Fsp3) is 1.00. The molecule has 0 N–H and O–H groups in total. The molecular weight excluding hydrogens is 111 g/mol. The minimum absolute atomic E-state index is 0.338. The van der Waals surface area contributed by atoms with E-state index >= 15 is 0 Å². The zero-order valence-electron chi connectivity index (χ0n) is 4.09. The summed E-state index contributed by atoms with van der Waals surface area (Å²) in [5, 5.41) is 0. The van der Waals surface area contributed by atoms with Gasteiger partial charge in [0.05, 0.1) is 12.7 Å². The summed E-state index contributed by atoms with van der Waals surface area (Å²) in [7, 11) is 2.62. The molecule has 3 heteroatoms. The van der Waals surface area contributed by atoms with E-state index in [4.69, 9.17) is 9.47 Å². The summed E-state index contributed by atoms with van der Waals surface area (Å²) in [5.41, 5.74) is 0. The van der Waals surface area contributed by atoms with Crippen molar-refractivity contribution in [3.63, 3.8) is 0 Å². The molecule has 2 atom stereocenters. The van der Waals surface area contributed by atoms with Crippen molar-refractivity contribution in [2.75, 3.05) is 19.6 Å². The molecule has 1 aliphatic heterocycles. The minimum Gasteiger partial charge on any atom is -0.353 e. The van der Waals surface area contributed by atoms with E-state index in [1.807, 2.05) is 0 Å². The van der Waals surface area contributed by atoms with Gasteiger partial charge in [-0.3, -0.25) is 0 Å². The number of rotatable bonds is 1. The van der Waals surface area contributed by atoms with E-state index in [2.05, 4.69) is 9.24 Å². The maximum absolute atomic E-state index is 5.06. The SMILES string of the molecule is PCC1COCO1. The lowest BCUT2D eigenvalue weighted by atomic mass is 10.4. The van der Waals surface area contributed by atoms with Crippen LogP contribution in [-0.4, -0.2) is 25.7 Å². The fourth-order valence-corrected chi connectivity index (χ4v) is 0.780. The van der Waals surface area contributed by atoms with Gasteiger partial charge in [-0.2, -0.15) is 0 Å². The van der Waals surface area contributed by atoms with Crippen LogP contribution in [0.3, 0.4) is 0 Å². The topological polar surface area (TPSA) is 18.5 Å². The molecule has 7 heavy (non-hydrogen) atoms. The van der Waals surface area contributed by atoms with Crippen molar-refractivity contribution >= 4 is 9.24 Å². The van der Waals surface area contributed by atoms with E-state index in [1.54, 1.807) is 0 Å². The molecule has 2 nitrogen and oxygen atoms in total. The highest BCUT2D eigenvalue weighted by atomic mass is 31.0. The molecule has 42 valence electrons. The molecule has 1 saturated heterocycles. The first-order valence-corrected chi connectivity index (χ1v) is 3.14. The quantitative estimate of drug-likeness (QED) is 0.461. The standard InChI is InChI=1S/C4H9O2P/c7-2-4-1-5-3-6-4/h4H,1-3,7H2. The van der Waals surface area contributed by atoms with Crippen LogP contribution >= 0.6 is 9.24 Å². The molecule has 0 radical (unpaired) electrons. The van der Waals surface area contributed by atoms with Crippen molar-refractivity contribution in [2.24, 2.45) is 0 Å². The molecular formula is C4H9O2P. The molecule has 0 aromatic carbocycles. The summed E-state index contributed by atoms with van der Waals surface area (Å²) in [6, 6.07) is 0. The van der Waals surface area contributed by atoms with Crippen molar-refractivity contribution in [1.82, 2.24) is 0 Å². The van der Waals surface area contributed by atoms with Crippen LogP contribution in [0.5, 0.6) is 0 Å². The predicted molar refractivity (Wildman–Crippen MR) is 30.3 cm³/mol. The molecule has 1 rings (SSSR count). The van der Waals surface area contributed by atoms with Gasteiger partial charge in [0.1, 0.15) is 6.79 Å².